The van der Waals surface area contributed by atoms with Gasteiger partial charge in [0.2, 0.25) is 10.0 Å². The molecule has 0 atom stereocenters. The molecule has 0 aliphatic rings. The molecule has 0 aromatic heterocycles. The van der Waals surface area contributed by atoms with Crippen LogP contribution in [-0.2, 0) is 10.0 Å². The summed E-state index contributed by atoms with van der Waals surface area (Å²) in [6, 6.07) is 8.17. The summed E-state index contributed by atoms with van der Waals surface area (Å²) in [5, 5.41) is 3.15. The van der Waals surface area contributed by atoms with E-state index in [4.69, 9.17) is 17.3 Å². The lowest BCUT2D eigenvalue weighted by Gasteiger charge is -2.12. The second-order valence-corrected chi connectivity index (χ2v) is 6.53. The van der Waals surface area contributed by atoms with E-state index in [9.17, 15) is 12.8 Å². The summed E-state index contributed by atoms with van der Waals surface area (Å²) in [6.45, 7) is 0. The van der Waals surface area contributed by atoms with Gasteiger partial charge in [0.05, 0.1) is 22.0 Å². The average Bonchev–Trinajstić information content (AvgIpc) is 2.44. The minimum atomic E-state index is -3.58. The Morgan fingerprint density at radius 1 is 1.14 bits per heavy atom. The first kappa shape index (κ1) is 15.6. The van der Waals surface area contributed by atoms with E-state index in [0.717, 1.165) is 0 Å². The number of rotatable bonds is 4. The van der Waals surface area contributed by atoms with Gasteiger partial charge in [-0.3, -0.25) is 0 Å². The van der Waals surface area contributed by atoms with Crippen molar-refractivity contribution < 1.29 is 12.8 Å². The van der Waals surface area contributed by atoms with Crippen molar-refractivity contribution in [1.29, 1.82) is 0 Å². The molecule has 4 N–H and O–H groups in total. The number of hydrogen-bond acceptors (Lipinski definition) is 4. The zero-order valence-corrected chi connectivity index (χ0v) is 12.6. The number of nitrogens with two attached hydrogens (primary N) is 1. The maximum Gasteiger partial charge on any atom is 0.240 e. The lowest BCUT2D eigenvalue weighted by Crippen LogP contribution is -2.18. The molecule has 2 aromatic carbocycles. The molecule has 5 nitrogen and oxygen atoms in total. The van der Waals surface area contributed by atoms with Gasteiger partial charge in [0.1, 0.15) is 5.82 Å². The fourth-order valence-corrected chi connectivity index (χ4v) is 2.62. The van der Waals surface area contributed by atoms with Gasteiger partial charge >= 0.3 is 0 Å². The van der Waals surface area contributed by atoms with Gasteiger partial charge in [-0.1, -0.05) is 11.6 Å². The molecular weight excluding hydrogens is 317 g/mol. The Morgan fingerprint density at radius 3 is 2.48 bits per heavy atom. The first-order valence-corrected chi connectivity index (χ1v) is 7.75. The normalized spacial score (nSPS) is 11.4. The monoisotopic (exact) mass is 329 g/mol. The second kappa shape index (κ2) is 5.88. The van der Waals surface area contributed by atoms with Crippen LogP contribution in [0, 0.1) is 5.82 Å². The predicted octanol–water partition coefficient (Wildman–Crippen LogP) is 2.71. The topological polar surface area (TPSA) is 84.2 Å². The smallest absolute Gasteiger partial charge is 0.240 e. The minimum absolute atomic E-state index is 0.0274. The standard InChI is InChI=1S/C13H13ClFN3O2S/c1-17-21(19,20)9-3-5-12(11(16)7-9)18-13-6-8(14)2-4-10(13)15/h2-7,17-18H,16H2,1H3. The lowest BCUT2D eigenvalue weighted by molar-refractivity contribution is 0.588. The quantitative estimate of drug-likeness (QED) is 0.753. The summed E-state index contributed by atoms with van der Waals surface area (Å²) in [7, 11) is -2.27. The molecule has 2 aromatic rings. The van der Waals surface area contributed by atoms with Crippen LogP contribution >= 0.6 is 11.6 Å². The highest BCUT2D eigenvalue weighted by molar-refractivity contribution is 7.89. The molecule has 0 radical (unpaired) electrons. The number of sulfonamides is 1. The zero-order chi connectivity index (χ0) is 15.6. The molecular formula is C13H13ClFN3O2S. The Kier molecular flexibility index (Phi) is 4.36. The molecule has 2 rings (SSSR count). The molecule has 0 amide bonds. The van der Waals surface area contributed by atoms with Gasteiger partial charge in [0.25, 0.3) is 0 Å². The second-order valence-electron chi connectivity index (χ2n) is 4.21. The van der Waals surface area contributed by atoms with Crippen LogP contribution in [0.2, 0.25) is 5.02 Å². The van der Waals surface area contributed by atoms with E-state index in [1.54, 1.807) is 0 Å². The van der Waals surface area contributed by atoms with Crippen LogP contribution in [0.15, 0.2) is 41.3 Å². The highest BCUT2D eigenvalue weighted by Crippen LogP contribution is 2.28. The third-order valence-electron chi connectivity index (χ3n) is 2.80. The molecule has 112 valence electrons. The van der Waals surface area contributed by atoms with Crippen LogP contribution in [-0.4, -0.2) is 15.5 Å². The number of benzene rings is 2. The van der Waals surface area contributed by atoms with Gasteiger partial charge in [0, 0.05) is 5.02 Å². The summed E-state index contributed by atoms with van der Waals surface area (Å²) >= 11 is 5.80. The van der Waals surface area contributed by atoms with Gasteiger partial charge in [0.15, 0.2) is 0 Å². The number of halogens is 2. The van der Waals surface area contributed by atoms with E-state index in [1.165, 1.54) is 43.4 Å². The molecule has 0 bridgehead atoms. The summed E-state index contributed by atoms with van der Waals surface area (Å²) < 4.78 is 39.1. The Balaban J connectivity index is 2.36. The fraction of sp³-hybridized carbons (Fsp3) is 0.0769. The van der Waals surface area contributed by atoms with Crippen molar-refractivity contribution in [3.8, 4) is 0 Å². The first-order valence-electron chi connectivity index (χ1n) is 5.88. The lowest BCUT2D eigenvalue weighted by atomic mass is 10.2. The van der Waals surface area contributed by atoms with Crippen molar-refractivity contribution >= 4 is 38.7 Å². The summed E-state index contributed by atoms with van der Waals surface area (Å²) in [5.74, 6) is -0.495. The van der Waals surface area contributed by atoms with Crippen molar-refractivity contribution in [2.45, 2.75) is 4.90 Å². The van der Waals surface area contributed by atoms with Gasteiger partial charge < -0.3 is 11.1 Å². The molecule has 0 spiro atoms. The third kappa shape index (κ3) is 3.44. The van der Waals surface area contributed by atoms with E-state index in [0.29, 0.717) is 10.7 Å². The van der Waals surface area contributed by atoms with Gasteiger partial charge in [-0.15, -0.1) is 0 Å². The summed E-state index contributed by atoms with van der Waals surface area (Å²) in [6.07, 6.45) is 0. The number of nitrogens with one attached hydrogen (secondary N) is 2. The largest absolute Gasteiger partial charge is 0.397 e. The molecule has 0 heterocycles. The van der Waals surface area contributed by atoms with E-state index < -0.39 is 15.8 Å². The number of hydrogen-bond donors (Lipinski definition) is 3. The molecule has 0 aliphatic heterocycles. The molecule has 0 fully saturated rings. The summed E-state index contributed by atoms with van der Waals surface area (Å²) in [5.41, 5.74) is 6.50. The molecule has 0 aliphatic carbocycles. The van der Waals surface area contributed by atoms with E-state index in [2.05, 4.69) is 10.0 Å². The molecule has 0 saturated carbocycles. The van der Waals surface area contributed by atoms with E-state index in [-0.39, 0.29) is 16.3 Å². The Morgan fingerprint density at radius 2 is 1.86 bits per heavy atom. The van der Waals surface area contributed by atoms with Crippen LogP contribution in [0.25, 0.3) is 0 Å². The Bertz CT molecular complexity index is 781. The maximum atomic E-state index is 13.6. The van der Waals surface area contributed by atoms with Crippen molar-refractivity contribution in [3.63, 3.8) is 0 Å². The predicted molar refractivity (Wildman–Crippen MR) is 81.8 cm³/mol. The van der Waals surface area contributed by atoms with Gasteiger partial charge in [-0.05, 0) is 43.4 Å². The summed E-state index contributed by atoms with van der Waals surface area (Å²) in [4.78, 5) is 0.0274. The number of nitrogen functional groups attached to an aromatic ring is 1. The van der Waals surface area contributed by atoms with Crippen molar-refractivity contribution in [3.05, 3.63) is 47.2 Å². The van der Waals surface area contributed by atoms with Gasteiger partial charge in [-0.25, -0.2) is 17.5 Å². The third-order valence-corrected chi connectivity index (χ3v) is 4.45. The zero-order valence-electron chi connectivity index (χ0n) is 11.0. The highest BCUT2D eigenvalue weighted by atomic mass is 35.5. The first-order chi connectivity index (χ1) is 9.83. The fourth-order valence-electron chi connectivity index (χ4n) is 1.68. The molecule has 0 saturated heterocycles. The Labute approximate surface area is 127 Å². The van der Waals surface area contributed by atoms with Crippen LogP contribution in [0.5, 0.6) is 0 Å². The SMILES string of the molecule is CNS(=O)(=O)c1ccc(Nc2cc(Cl)ccc2F)c(N)c1. The molecule has 0 unspecified atom stereocenters. The molecule has 21 heavy (non-hydrogen) atoms. The van der Waals surface area contributed by atoms with Crippen LogP contribution in [0.1, 0.15) is 0 Å². The van der Waals surface area contributed by atoms with Crippen molar-refractivity contribution in [2.24, 2.45) is 0 Å². The van der Waals surface area contributed by atoms with E-state index >= 15 is 0 Å². The minimum Gasteiger partial charge on any atom is -0.397 e. The van der Waals surface area contributed by atoms with Crippen molar-refractivity contribution in [1.82, 2.24) is 4.72 Å². The average molecular weight is 330 g/mol. The van der Waals surface area contributed by atoms with Crippen LogP contribution in [0.3, 0.4) is 0 Å². The van der Waals surface area contributed by atoms with Crippen LogP contribution in [0.4, 0.5) is 21.5 Å². The van der Waals surface area contributed by atoms with Gasteiger partial charge in [-0.2, -0.15) is 0 Å². The highest BCUT2D eigenvalue weighted by Gasteiger charge is 2.13. The maximum absolute atomic E-state index is 13.6. The van der Waals surface area contributed by atoms with Crippen molar-refractivity contribution in [2.75, 3.05) is 18.1 Å². The van der Waals surface area contributed by atoms with E-state index in [1.807, 2.05) is 0 Å². The van der Waals surface area contributed by atoms with Crippen LogP contribution < -0.4 is 15.8 Å². The Hall–Kier alpha value is -1.83. The number of anilines is 3. The molecule has 8 heteroatoms.